The third-order valence-electron chi connectivity index (χ3n) is 3.28. The Balaban J connectivity index is 2.34. The number of ether oxygens (including phenoxy) is 1. The summed E-state index contributed by atoms with van der Waals surface area (Å²) in [5, 5.41) is 0. The molecular weight excluding hydrogens is 286 g/mol. The van der Waals surface area contributed by atoms with E-state index in [2.05, 4.69) is 0 Å². The molecule has 0 unspecified atom stereocenters. The highest BCUT2D eigenvalue weighted by Crippen LogP contribution is 2.22. The molecule has 0 aromatic heterocycles. The molecule has 1 aliphatic rings. The van der Waals surface area contributed by atoms with Gasteiger partial charge in [0.25, 0.3) is 0 Å². The van der Waals surface area contributed by atoms with E-state index >= 15 is 0 Å². The average molecular weight is 308 g/mol. The number of rotatable bonds is 2. The summed E-state index contributed by atoms with van der Waals surface area (Å²) >= 11 is 0. The van der Waals surface area contributed by atoms with E-state index in [4.69, 9.17) is 14.0 Å². The van der Waals surface area contributed by atoms with Crippen LogP contribution in [0.2, 0.25) is 0 Å². The number of halogens is 1. The van der Waals surface area contributed by atoms with Gasteiger partial charge in [-0.25, -0.2) is 9.18 Å². The maximum atomic E-state index is 14.2. The molecule has 6 heteroatoms. The third-order valence-corrected chi connectivity index (χ3v) is 3.28. The Bertz CT molecular complexity index is 593. The van der Waals surface area contributed by atoms with Crippen molar-refractivity contribution in [1.82, 2.24) is 0 Å². The van der Waals surface area contributed by atoms with Crippen LogP contribution in [0.5, 0.6) is 0 Å². The molecule has 0 spiro atoms. The Morgan fingerprint density at radius 2 is 2.00 bits per heavy atom. The van der Waals surface area contributed by atoms with Crippen LogP contribution in [0, 0.1) is 12.7 Å². The van der Waals surface area contributed by atoms with Gasteiger partial charge in [0.1, 0.15) is 11.4 Å². The molecule has 1 aliphatic heterocycles. The predicted molar refractivity (Wildman–Crippen MR) is 82.8 cm³/mol. The second kappa shape index (κ2) is 5.67. The SMILES string of the molecule is Cc1c(F)cc(C(=O)OC(C)(C)C)cc1B1OCC(C)(C)O1. The molecule has 0 radical (unpaired) electrons. The van der Waals surface area contributed by atoms with Gasteiger partial charge in [0.2, 0.25) is 0 Å². The molecular formula is C16H22BFO4. The van der Waals surface area contributed by atoms with Crippen molar-refractivity contribution in [3.05, 3.63) is 29.1 Å². The van der Waals surface area contributed by atoms with Crippen LogP contribution in [0.25, 0.3) is 0 Å². The first-order valence-corrected chi connectivity index (χ1v) is 7.31. The first kappa shape index (κ1) is 17.0. The highest BCUT2D eigenvalue weighted by Gasteiger charge is 2.39. The van der Waals surface area contributed by atoms with Crippen molar-refractivity contribution in [1.29, 1.82) is 0 Å². The van der Waals surface area contributed by atoms with Crippen molar-refractivity contribution in [3.8, 4) is 0 Å². The molecule has 1 aromatic rings. The summed E-state index contributed by atoms with van der Waals surface area (Å²) in [6, 6.07) is 2.77. The van der Waals surface area contributed by atoms with Crippen LogP contribution < -0.4 is 5.46 Å². The van der Waals surface area contributed by atoms with E-state index in [0.717, 1.165) is 0 Å². The molecule has 4 nitrogen and oxygen atoms in total. The summed E-state index contributed by atoms with van der Waals surface area (Å²) in [5.74, 6) is -1.04. The highest BCUT2D eigenvalue weighted by atomic mass is 19.1. The van der Waals surface area contributed by atoms with Gasteiger partial charge in [-0.15, -0.1) is 0 Å². The van der Waals surface area contributed by atoms with Gasteiger partial charge in [-0.1, -0.05) is 0 Å². The lowest BCUT2D eigenvalue weighted by Crippen LogP contribution is -2.37. The molecule has 1 fully saturated rings. The van der Waals surface area contributed by atoms with Gasteiger partial charge >= 0.3 is 13.1 Å². The lowest BCUT2D eigenvalue weighted by atomic mass is 9.75. The van der Waals surface area contributed by atoms with Crippen molar-refractivity contribution < 1.29 is 23.2 Å². The molecule has 1 heterocycles. The lowest BCUT2D eigenvalue weighted by Gasteiger charge is -2.20. The maximum absolute atomic E-state index is 14.2. The van der Waals surface area contributed by atoms with E-state index in [1.165, 1.54) is 6.07 Å². The van der Waals surface area contributed by atoms with Crippen molar-refractivity contribution in [2.45, 2.75) is 52.7 Å². The second-order valence-electron chi connectivity index (χ2n) is 7.19. The van der Waals surface area contributed by atoms with E-state index in [9.17, 15) is 9.18 Å². The average Bonchev–Trinajstić information content (AvgIpc) is 2.70. The molecule has 0 saturated carbocycles. The summed E-state index contributed by atoms with van der Waals surface area (Å²) in [7, 11) is -0.674. The van der Waals surface area contributed by atoms with E-state index in [0.29, 0.717) is 17.6 Å². The molecule has 0 amide bonds. The van der Waals surface area contributed by atoms with Crippen LogP contribution in [0.1, 0.15) is 50.5 Å². The first-order valence-electron chi connectivity index (χ1n) is 7.31. The number of carbonyl (C=O) groups is 1. The Hall–Kier alpha value is -1.40. The number of hydrogen-bond donors (Lipinski definition) is 0. The smallest absolute Gasteiger partial charge is 0.456 e. The summed E-state index contributed by atoms with van der Waals surface area (Å²) < 4.78 is 30.8. The van der Waals surface area contributed by atoms with Crippen molar-refractivity contribution >= 4 is 18.6 Å². The first-order chi connectivity index (χ1) is 9.98. The largest absolute Gasteiger partial charge is 0.494 e. The zero-order valence-electron chi connectivity index (χ0n) is 14.0. The quantitative estimate of drug-likeness (QED) is 0.622. The molecule has 22 heavy (non-hydrogen) atoms. The molecule has 2 rings (SSSR count). The van der Waals surface area contributed by atoms with Gasteiger partial charge in [0, 0.05) is 0 Å². The summed E-state index contributed by atoms with van der Waals surface area (Å²) in [4.78, 5) is 12.1. The maximum Gasteiger partial charge on any atom is 0.494 e. The molecule has 1 saturated heterocycles. The van der Waals surface area contributed by atoms with E-state index in [-0.39, 0.29) is 5.56 Å². The monoisotopic (exact) mass is 308 g/mol. The van der Waals surface area contributed by atoms with Crippen LogP contribution in [0.15, 0.2) is 12.1 Å². The van der Waals surface area contributed by atoms with Crippen molar-refractivity contribution in [2.75, 3.05) is 6.61 Å². The van der Waals surface area contributed by atoms with Gasteiger partial charge in [0.05, 0.1) is 17.8 Å². The Morgan fingerprint density at radius 1 is 1.36 bits per heavy atom. The number of carbonyl (C=O) groups excluding carboxylic acids is 1. The predicted octanol–water partition coefficient (Wildman–Crippen LogP) is 2.61. The summed E-state index contributed by atoms with van der Waals surface area (Å²) in [6.07, 6.45) is 0. The normalized spacial score (nSPS) is 17.7. The van der Waals surface area contributed by atoms with Crippen LogP contribution in [-0.4, -0.2) is 30.9 Å². The zero-order chi connectivity index (χ0) is 16.7. The highest BCUT2D eigenvalue weighted by molar-refractivity contribution is 6.62. The minimum atomic E-state index is -0.674. The Labute approximate surface area is 131 Å². The van der Waals surface area contributed by atoms with Crippen LogP contribution in [0.3, 0.4) is 0 Å². The van der Waals surface area contributed by atoms with Crippen LogP contribution in [0.4, 0.5) is 4.39 Å². The molecule has 0 atom stereocenters. The number of benzene rings is 1. The zero-order valence-corrected chi connectivity index (χ0v) is 14.0. The van der Waals surface area contributed by atoms with Gasteiger partial charge < -0.3 is 14.0 Å². The summed E-state index contributed by atoms with van der Waals surface area (Å²) in [5.41, 5.74) is 0.0163. The molecule has 0 N–H and O–H groups in total. The second-order valence-corrected chi connectivity index (χ2v) is 7.19. The fourth-order valence-corrected chi connectivity index (χ4v) is 2.19. The van der Waals surface area contributed by atoms with Crippen LogP contribution in [-0.2, 0) is 14.0 Å². The topological polar surface area (TPSA) is 44.8 Å². The fraction of sp³-hybridized carbons (Fsp3) is 0.562. The minimum absolute atomic E-state index is 0.157. The van der Waals surface area contributed by atoms with Gasteiger partial charge in [0.15, 0.2) is 0 Å². The van der Waals surface area contributed by atoms with Crippen LogP contribution >= 0.6 is 0 Å². The molecule has 120 valence electrons. The fourth-order valence-electron chi connectivity index (χ4n) is 2.19. The Kier molecular flexibility index (Phi) is 4.37. The van der Waals surface area contributed by atoms with Crippen molar-refractivity contribution in [2.24, 2.45) is 0 Å². The molecule has 0 bridgehead atoms. The van der Waals surface area contributed by atoms with E-state index in [1.54, 1.807) is 33.8 Å². The van der Waals surface area contributed by atoms with Gasteiger partial charge in [-0.3, -0.25) is 0 Å². The van der Waals surface area contributed by atoms with Gasteiger partial charge in [-0.05, 0) is 64.7 Å². The van der Waals surface area contributed by atoms with E-state index < -0.39 is 30.1 Å². The molecule has 0 aliphatic carbocycles. The van der Waals surface area contributed by atoms with Gasteiger partial charge in [-0.2, -0.15) is 0 Å². The third kappa shape index (κ3) is 3.87. The van der Waals surface area contributed by atoms with E-state index in [1.807, 2.05) is 13.8 Å². The lowest BCUT2D eigenvalue weighted by molar-refractivity contribution is 0.00691. The minimum Gasteiger partial charge on any atom is -0.456 e. The molecule has 1 aromatic carbocycles. The standard InChI is InChI=1S/C16H22BFO4/c1-10-12(17-20-9-16(5,6)22-17)7-11(8-13(10)18)14(19)21-15(2,3)4/h7-8H,9H2,1-6H3. The van der Waals surface area contributed by atoms with Crippen molar-refractivity contribution in [3.63, 3.8) is 0 Å². The number of hydrogen-bond acceptors (Lipinski definition) is 4. The number of esters is 1. The summed E-state index contributed by atoms with van der Waals surface area (Å²) in [6.45, 7) is 11.1. The Morgan fingerprint density at radius 3 is 2.50 bits per heavy atom.